The molecule has 3 heterocycles. The van der Waals surface area contributed by atoms with Gasteiger partial charge in [0.15, 0.2) is 5.82 Å². The summed E-state index contributed by atoms with van der Waals surface area (Å²) in [5.74, 6) is -0.621. The maximum atomic E-state index is 14.4. The summed E-state index contributed by atoms with van der Waals surface area (Å²) in [5, 5.41) is 11.9. The first kappa shape index (κ1) is 22.7. The van der Waals surface area contributed by atoms with E-state index in [4.69, 9.17) is 4.52 Å². The van der Waals surface area contributed by atoms with Crippen LogP contribution in [-0.2, 0) is 11.2 Å². The number of halogens is 4. The molecule has 5 rings (SSSR count). The molecule has 1 atom stereocenters. The van der Waals surface area contributed by atoms with Gasteiger partial charge in [-0.3, -0.25) is 4.79 Å². The van der Waals surface area contributed by atoms with Crippen molar-refractivity contribution < 1.29 is 26.9 Å². The molecule has 1 aliphatic rings. The van der Waals surface area contributed by atoms with Gasteiger partial charge < -0.3 is 9.42 Å². The van der Waals surface area contributed by atoms with E-state index >= 15 is 0 Å². The van der Waals surface area contributed by atoms with E-state index in [1.165, 1.54) is 29.1 Å². The predicted molar refractivity (Wildman–Crippen MR) is 116 cm³/mol. The molecule has 12 heteroatoms. The third-order valence-electron chi connectivity index (χ3n) is 5.73. The zero-order valence-corrected chi connectivity index (χ0v) is 18.3. The maximum absolute atomic E-state index is 14.4. The number of amides is 1. The minimum absolute atomic E-state index is 0.0688. The lowest BCUT2D eigenvalue weighted by Crippen LogP contribution is -2.42. The van der Waals surface area contributed by atoms with Gasteiger partial charge in [-0.25, -0.2) is 9.07 Å². The summed E-state index contributed by atoms with van der Waals surface area (Å²) in [6.07, 6.45) is -3.04. The second-order valence-corrected chi connectivity index (χ2v) is 8.14. The standard InChI is InChI=1S/C23H18F4N6O2/c1-13-28-21(35-30-13)15-7-5-14(6-8-15)18-11-33(31-29-18)20-10-9-16-17(24)3-2-4-19(16)32(22(20)34)12-23(25,26)27/h2-8,11,20H,9-10,12H2,1H3. The molecule has 0 N–H and O–H groups in total. The molecule has 0 bridgehead atoms. The molecule has 0 saturated carbocycles. The van der Waals surface area contributed by atoms with E-state index in [0.29, 0.717) is 33.4 Å². The van der Waals surface area contributed by atoms with Crippen molar-refractivity contribution in [2.75, 3.05) is 11.4 Å². The number of carbonyl (C=O) groups is 1. The molecule has 4 aromatic rings. The Balaban J connectivity index is 1.44. The Kier molecular flexibility index (Phi) is 5.58. The zero-order valence-electron chi connectivity index (χ0n) is 18.3. The van der Waals surface area contributed by atoms with Crippen molar-refractivity contribution in [3.8, 4) is 22.7 Å². The van der Waals surface area contributed by atoms with Crippen molar-refractivity contribution >= 4 is 11.6 Å². The summed E-state index contributed by atoms with van der Waals surface area (Å²) in [4.78, 5) is 18.0. The van der Waals surface area contributed by atoms with Crippen molar-refractivity contribution in [1.29, 1.82) is 0 Å². The first-order valence-corrected chi connectivity index (χ1v) is 10.7. The summed E-state index contributed by atoms with van der Waals surface area (Å²) in [7, 11) is 0. The molecule has 2 aromatic heterocycles. The highest BCUT2D eigenvalue weighted by Gasteiger charge is 2.40. The zero-order chi connectivity index (χ0) is 24.7. The average Bonchev–Trinajstić information content (AvgIpc) is 3.45. The van der Waals surface area contributed by atoms with E-state index < -0.39 is 30.5 Å². The summed E-state index contributed by atoms with van der Waals surface area (Å²) < 4.78 is 60.7. The van der Waals surface area contributed by atoms with Crippen LogP contribution in [0.4, 0.5) is 23.2 Å². The molecule has 1 amide bonds. The van der Waals surface area contributed by atoms with Crippen molar-refractivity contribution in [3.63, 3.8) is 0 Å². The molecular formula is C23H18F4N6O2. The SMILES string of the molecule is Cc1noc(-c2ccc(-c3cn(C4CCc5c(F)cccc5N(CC(F)(F)F)C4=O)nn3)cc2)n1. The lowest BCUT2D eigenvalue weighted by molar-refractivity contribution is -0.134. The lowest BCUT2D eigenvalue weighted by atomic mass is 10.1. The molecule has 0 aliphatic carbocycles. The van der Waals surface area contributed by atoms with Crippen LogP contribution in [0, 0.1) is 12.7 Å². The Morgan fingerprint density at radius 3 is 2.54 bits per heavy atom. The Hall–Kier alpha value is -4.09. The molecule has 0 spiro atoms. The van der Waals surface area contributed by atoms with Gasteiger partial charge in [0.2, 0.25) is 0 Å². The third kappa shape index (κ3) is 4.51. The largest absolute Gasteiger partial charge is 0.406 e. The number of aromatic nitrogens is 5. The van der Waals surface area contributed by atoms with Crippen molar-refractivity contribution in [1.82, 2.24) is 25.1 Å². The minimum Gasteiger partial charge on any atom is -0.334 e. The van der Waals surface area contributed by atoms with Gasteiger partial charge in [0.05, 0.1) is 11.9 Å². The fourth-order valence-corrected chi connectivity index (χ4v) is 4.10. The maximum Gasteiger partial charge on any atom is 0.406 e. The van der Waals surface area contributed by atoms with Gasteiger partial charge in [0.1, 0.15) is 24.1 Å². The Labute approximate surface area is 196 Å². The highest BCUT2D eigenvalue weighted by atomic mass is 19.4. The molecule has 0 saturated heterocycles. The van der Waals surface area contributed by atoms with Crippen LogP contribution in [0.2, 0.25) is 0 Å². The van der Waals surface area contributed by atoms with Crippen LogP contribution >= 0.6 is 0 Å². The molecule has 2 aromatic carbocycles. The summed E-state index contributed by atoms with van der Waals surface area (Å²) >= 11 is 0. The number of nitrogens with zero attached hydrogens (tertiary/aromatic N) is 6. The highest BCUT2D eigenvalue weighted by Crippen LogP contribution is 2.35. The van der Waals surface area contributed by atoms with Crippen LogP contribution < -0.4 is 4.90 Å². The number of anilines is 1. The number of carbonyl (C=O) groups excluding carboxylic acids is 1. The first-order chi connectivity index (χ1) is 16.7. The molecule has 1 aliphatic heterocycles. The van der Waals surface area contributed by atoms with E-state index in [2.05, 4.69) is 20.5 Å². The van der Waals surface area contributed by atoms with E-state index in [-0.39, 0.29) is 24.1 Å². The van der Waals surface area contributed by atoms with Crippen LogP contribution in [0.25, 0.3) is 22.7 Å². The predicted octanol–water partition coefficient (Wildman–Crippen LogP) is 4.53. The van der Waals surface area contributed by atoms with E-state index in [0.717, 1.165) is 0 Å². The fraction of sp³-hybridized carbons (Fsp3) is 0.261. The van der Waals surface area contributed by atoms with Crippen molar-refractivity contribution in [2.24, 2.45) is 0 Å². The molecule has 8 nitrogen and oxygen atoms in total. The smallest absolute Gasteiger partial charge is 0.334 e. The Bertz CT molecular complexity index is 1380. The van der Waals surface area contributed by atoms with Gasteiger partial charge in [-0.05, 0) is 44.0 Å². The third-order valence-corrected chi connectivity index (χ3v) is 5.73. The van der Waals surface area contributed by atoms with Gasteiger partial charge in [-0.1, -0.05) is 28.6 Å². The first-order valence-electron chi connectivity index (χ1n) is 10.7. The molecule has 0 fully saturated rings. The van der Waals surface area contributed by atoms with Gasteiger partial charge >= 0.3 is 6.18 Å². The molecule has 180 valence electrons. The van der Waals surface area contributed by atoms with Crippen LogP contribution in [-0.4, -0.2) is 43.8 Å². The molecule has 0 radical (unpaired) electrons. The number of rotatable bonds is 4. The Morgan fingerprint density at radius 2 is 1.86 bits per heavy atom. The van der Waals surface area contributed by atoms with Crippen molar-refractivity contribution in [2.45, 2.75) is 32.0 Å². The van der Waals surface area contributed by atoms with Gasteiger partial charge in [-0.15, -0.1) is 5.10 Å². The lowest BCUT2D eigenvalue weighted by Gasteiger charge is -2.26. The van der Waals surface area contributed by atoms with Gasteiger partial charge in [0.25, 0.3) is 11.8 Å². The Morgan fingerprint density at radius 1 is 1.11 bits per heavy atom. The van der Waals surface area contributed by atoms with Crippen LogP contribution in [0.3, 0.4) is 0 Å². The summed E-state index contributed by atoms with van der Waals surface area (Å²) in [6, 6.07) is 9.71. The number of hydrogen-bond acceptors (Lipinski definition) is 6. The quantitative estimate of drug-likeness (QED) is 0.394. The number of alkyl halides is 3. The van der Waals surface area contributed by atoms with Crippen LogP contribution in [0.5, 0.6) is 0 Å². The number of benzene rings is 2. The second kappa shape index (κ2) is 8.60. The van der Waals surface area contributed by atoms with Gasteiger partial charge in [-0.2, -0.15) is 18.2 Å². The van der Waals surface area contributed by atoms with Crippen LogP contribution in [0.1, 0.15) is 23.9 Å². The topological polar surface area (TPSA) is 89.9 Å². The van der Waals surface area contributed by atoms with E-state index in [1.807, 2.05) is 0 Å². The summed E-state index contributed by atoms with van der Waals surface area (Å²) in [5.41, 5.74) is 1.77. The normalized spacial score (nSPS) is 16.3. The number of hydrogen-bond donors (Lipinski definition) is 0. The van der Waals surface area contributed by atoms with E-state index in [9.17, 15) is 22.4 Å². The van der Waals surface area contributed by atoms with Gasteiger partial charge in [0, 0.05) is 16.7 Å². The highest BCUT2D eigenvalue weighted by molar-refractivity contribution is 5.97. The fourth-order valence-electron chi connectivity index (χ4n) is 4.10. The number of aryl methyl sites for hydroxylation is 1. The molecular weight excluding hydrogens is 468 g/mol. The molecule has 1 unspecified atom stereocenters. The average molecular weight is 486 g/mol. The van der Waals surface area contributed by atoms with Crippen LogP contribution in [0.15, 0.2) is 53.2 Å². The molecule has 35 heavy (non-hydrogen) atoms. The number of fused-ring (bicyclic) bond motifs is 1. The second-order valence-electron chi connectivity index (χ2n) is 8.14. The minimum atomic E-state index is -4.67. The van der Waals surface area contributed by atoms with Crippen molar-refractivity contribution in [3.05, 3.63) is 65.9 Å². The monoisotopic (exact) mass is 486 g/mol. The van der Waals surface area contributed by atoms with E-state index in [1.54, 1.807) is 31.2 Å². The summed E-state index contributed by atoms with van der Waals surface area (Å²) in [6.45, 7) is 0.175.